The van der Waals surface area contributed by atoms with Crippen LogP contribution in [0.5, 0.6) is 0 Å². The highest BCUT2D eigenvalue weighted by Crippen LogP contribution is 2.22. The summed E-state index contributed by atoms with van der Waals surface area (Å²) >= 11 is 0. The van der Waals surface area contributed by atoms with Gasteiger partial charge in [0.25, 0.3) is 0 Å². The van der Waals surface area contributed by atoms with E-state index in [1.165, 1.54) is 5.52 Å². The Morgan fingerprint density at radius 1 is 1.40 bits per heavy atom. The van der Waals surface area contributed by atoms with Gasteiger partial charge in [-0.2, -0.15) is 0 Å². The number of para-hydroxylation sites is 2. The van der Waals surface area contributed by atoms with Gasteiger partial charge in [-0.25, -0.2) is 4.98 Å². The molecule has 1 aliphatic rings. The number of aromatic nitrogens is 2. The molecule has 0 radical (unpaired) electrons. The molecule has 5 nitrogen and oxygen atoms in total. The lowest BCUT2D eigenvalue weighted by molar-refractivity contribution is 0.0534. The van der Waals surface area contributed by atoms with Gasteiger partial charge in [0.05, 0.1) is 11.0 Å². The van der Waals surface area contributed by atoms with E-state index in [1.54, 1.807) is 0 Å². The van der Waals surface area contributed by atoms with E-state index in [1.807, 2.05) is 12.1 Å². The topological polar surface area (TPSA) is 65.1 Å². The summed E-state index contributed by atoms with van der Waals surface area (Å²) in [7, 11) is 2.07. The zero-order valence-corrected chi connectivity index (χ0v) is 11.9. The van der Waals surface area contributed by atoms with Crippen molar-refractivity contribution in [2.24, 2.45) is 18.8 Å². The highest BCUT2D eigenvalue weighted by Gasteiger charge is 2.25. The maximum absolute atomic E-state index is 5.77. The van der Waals surface area contributed by atoms with Crippen LogP contribution in [-0.4, -0.2) is 28.8 Å². The van der Waals surface area contributed by atoms with Gasteiger partial charge in [-0.3, -0.25) is 11.3 Å². The fourth-order valence-electron chi connectivity index (χ4n) is 3.05. The van der Waals surface area contributed by atoms with Crippen molar-refractivity contribution in [3.05, 3.63) is 30.1 Å². The molecule has 1 atom stereocenters. The number of nitrogens with one attached hydrogen (secondary N) is 1. The molecule has 1 aromatic carbocycles. The van der Waals surface area contributed by atoms with Gasteiger partial charge in [0.1, 0.15) is 5.82 Å². The number of ether oxygens (including phenoxy) is 1. The Hall–Kier alpha value is -1.43. The Bertz CT molecular complexity index is 574. The molecule has 5 heteroatoms. The first kappa shape index (κ1) is 13.5. The molecule has 0 aliphatic carbocycles. The molecule has 0 spiro atoms. The van der Waals surface area contributed by atoms with Crippen LogP contribution in [0.4, 0.5) is 0 Å². The van der Waals surface area contributed by atoms with Crippen LogP contribution >= 0.6 is 0 Å². The van der Waals surface area contributed by atoms with E-state index in [9.17, 15) is 0 Å². The van der Waals surface area contributed by atoms with Gasteiger partial charge in [-0.05, 0) is 30.9 Å². The number of aryl methyl sites for hydroxylation is 1. The molecule has 108 valence electrons. The lowest BCUT2D eigenvalue weighted by atomic mass is 9.90. The van der Waals surface area contributed by atoms with Crippen molar-refractivity contribution in [2.45, 2.75) is 25.3 Å². The zero-order chi connectivity index (χ0) is 13.9. The van der Waals surface area contributed by atoms with Gasteiger partial charge >= 0.3 is 0 Å². The summed E-state index contributed by atoms with van der Waals surface area (Å²) in [4.78, 5) is 4.73. The number of nitrogens with two attached hydrogens (primary N) is 1. The van der Waals surface area contributed by atoms with Crippen LogP contribution in [-0.2, 0) is 18.2 Å². The van der Waals surface area contributed by atoms with Crippen molar-refractivity contribution in [3.8, 4) is 0 Å². The first-order chi connectivity index (χ1) is 9.79. The van der Waals surface area contributed by atoms with E-state index in [0.29, 0.717) is 5.92 Å². The first-order valence-corrected chi connectivity index (χ1v) is 7.24. The fourth-order valence-corrected chi connectivity index (χ4v) is 3.05. The van der Waals surface area contributed by atoms with Gasteiger partial charge in [0.2, 0.25) is 0 Å². The summed E-state index contributed by atoms with van der Waals surface area (Å²) in [6, 6.07) is 8.49. The number of hydrogen-bond donors (Lipinski definition) is 2. The van der Waals surface area contributed by atoms with Crippen LogP contribution in [0.25, 0.3) is 11.0 Å². The molecule has 0 amide bonds. The Morgan fingerprint density at radius 3 is 2.85 bits per heavy atom. The summed E-state index contributed by atoms with van der Waals surface area (Å²) < 4.78 is 7.59. The Balaban J connectivity index is 1.81. The lowest BCUT2D eigenvalue weighted by Crippen LogP contribution is -2.44. The Kier molecular flexibility index (Phi) is 4.00. The molecule has 2 aromatic rings. The van der Waals surface area contributed by atoms with Gasteiger partial charge in [0.15, 0.2) is 0 Å². The van der Waals surface area contributed by atoms with E-state index < -0.39 is 0 Å². The van der Waals surface area contributed by atoms with Gasteiger partial charge in [-0.15, -0.1) is 0 Å². The second-order valence-electron chi connectivity index (χ2n) is 5.50. The van der Waals surface area contributed by atoms with Gasteiger partial charge < -0.3 is 9.30 Å². The summed E-state index contributed by atoms with van der Waals surface area (Å²) in [5.74, 6) is 7.42. The highest BCUT2D eigenvalue weighted by atomic mass is 16.5. The van der Waals surface area contributed by atoms with Crippen LogP contribution in [0.15, 0.2) is 24.3 Å². The van der Waals surface area contributed by atoms with Crippen molar-refractivity contribution in [2.75, 3.05) is 13.2 Å². The quantitative estimate of drug-likeness (QED) is 0.653. The van der Waals surface area contributed by atoms with Crippen molar-refractivity contribution < 1.29 is 4.74 Å². The summed E-state index contributed by atoms with van der Waals surface area (Å²) in [5.41, 5.74) is 5.20. The number of hydrazine groups is 1. The summed E-state index contributed by atoms with van der Waals surface area (Å²) in [6.07, 6.45) is 2.99. The predicted molar refractivity (Wildman–Crippen MR) is 79.1 cm³/mol. The predicted octanol–water partition coefficient (Wildman–Crippen LogP) is 1.37. The number of benzene rings is 1. The van der Waals surface area contributed by atoms with E-state index in [2.05, 4.69) is 29.2 Å². The number of imidazole rings is 1. The molecule has 2 heterocycles. The highest BCUT2D eigenvalue weighted by molar-refractivity contribution is 5.75. The average molecular weight is 274 g/mol. The molecule has 0 bridgehead atoms. The normalized spacial score (nSPS) is 18.5. The second kappa shape index (κ2) is 5.91. The maximum atomic E-state index is 5.77. The van der Waals surface area contributed by atoms with Crippen LogP contribution in [0.3, 0.4) is 0 Å². The van der Waals surface area contributed by atoms with Crippen molar-refractivity contribution in [3.63, 3.8) is 0 Å². The molecule has 0 saturated carbocycles. The molecule has 1 unspecified atom stereocenters. The SMILES string of the molecule is Cn1c(CC(NN)C2CCOCC2)nc2ccccc21. The summed E-state index contributed by atoms with van der Waals surface area (Å²) in [5, 5.41) is 0. The van der Waals surface area contributed by atoms with Crippen molar-refractivity contribution in [1.82, 2.24) is 15.0 Å². The van der Waals surface area contributed by atoms with Crippen molar-refractivity contribution in [1.29, 1.82) is 0 Å². The third-order valence-electron chi connectivity index (χ3n) is 4.33. The standard InChI is InChI=1S/C15H22N4O/c1-19-14-5-3-2-4-12(14)17-15(19)10-13(18-16)11-6-8-20-9-7-11/h2-5,11,13,18H,6-10,16H2,1H3. The number of nitrogens with zero attached hydrogens (tertiary/aromatic N) is 2. The van der Waals surface area contributed by atoms with E-state index >= 15 is 0 Å². The van der Waals surface area contributed by atoms with Crippen LogP contribution in [0.2, 0.25) is 0 Å². The minimum atomic E-state index is 0.259. The van der Waals surface area contributed by atoms with Crippen molar-refractivity contribution >= 4 is 11.0 Å². The smallest absolute Gasteiger partial charge is 0.111 e. The third-order valence-corrected chi connectivity index (χ3v) is 4.33. The maximum Gasteiger partial charge on any atom is 0.111 e. The van der Waals surface area contributed by atoms with Gasteiger partial charge in [0, 0.05) is 32.7 Å². The largest absolute Gasteiger partial charge is 0.381 e. The molecule has 3 N–H and O–H groups in total. The lowest BCUT2D eigenvalue weighted by Gasteiger charge is -2.29. The molecule has 20 heavy (non-hydrogen) atoms. The van der Waals surface area contributed by atoms with Crippen LogP contribution in [0.1, 0.15) is 18.7 Å². The minimum absolute atomic E-state index is 0.259. The molecular formula is C15H22N4O. The third kappa shape index (κ3) is 2.57. The second-order valence-corrected chi connectivity index (χ2v) is 5.50. The molecule has 1 aliphatic heterocycles. The minimum Gasteiger partial charge on any atom is -0.381 e. The first-order valence-electron chi connectivity index (χ1n) is 7.24. The Labute approximate surface area is 119 Å². The molecule has 1 saturated heterocycles. The van der Waals surface area contributed by atoms with Crippen LogP contribution < -0.4 is 11.3 Å². The molecule has 3 rings (SSSR count). The van der Waals surface area contributed by atoms with E-state index in [4.69, 9.17) is 15.6 Å². The van der Waals surface area contributed by atoms with E-state index in [-0.39, 0.29) is 6.04 Å². The summed E-state index contributed by atoms with van der Waals surface area (Å²) in [6.45, 7) is 1.68. The fraction of sp³-hybridized carbons (Fsp3) is 0.533. The van der Waals surface area contributed by atoms with Crippen LogP contribution in [0, 0.1) is 5.92 Å². The number of fused-ring (bicyclic) bond motifs is 1. The number of hydrogen-bond acceptors (Lipinski definition) is 4. The Morgan fingerprint density at radius 2 is 2.15 bits per heavy atom. The molecule has 1 aromatic heterocycles. The zero-order valence-electron chi connectivity index (χ0n) is 11.9. The molecular weight excluding hydrogens is 252 g/mol. The van der Waals surface area contributed by atoms with E-state index in [0.717, 1.165) is 43.8 Å². The number of rotatable bonds is 4. The van der Waals surface area contributed by atoms with Gasteiger partial charge in [-0.1, -0.05) is 12.1 Å². The molecule has 1 fully saturated rings. The monoisotopic (exact) mass is 274 g/mol. The average Bonchev–Trinajstić information content (AvgIpc) is 2.82.